The van der Waals surface area contributed by atoms with Gasteiger partial charge in [-0.1, -0.05) is 37.5 Å². The van der Waals surface area contributed by atoms with E-state index in [1.165, 1.54) is 17.8 Å². The van der Waals surface area contributed by atoms with Crippen molar-refractivity contribution in [2.24, 2.45) is 0 Å². The van der Waals surface area contributed by atoms with Gasteiger partial charge < -0.3 is 24.1 Å². The van der Waals surface area contributed by atoms with E-state index in [4.69, 9.17) is 13.9 Å². The lowest BCUT2D eigenvalue weighted by Crippen LogP contribution is -2.51. The van der Waals surface area contributed by atoms with Crippen LogP contribution in [0.3, 0.4) is 0 Å². The minimum atomic E-state index is -0.866. The van der Waals surface area contributed by atoms with Crippen LogP contribution in [0.4, 0.5) is 0 Å². The Hall–Kier alpha value is -3.26. The molecular weight excluding hydrogens is 452 g/mol. The predicted molar refractivity (Wildman–Crippen MR) is 128 cm³/mol. The zero-order valence-electron chi connectivity index (χ0n) is 18.9. The van der Waals surface area contributed by atoms with Crippen LogP contribution in [-0.2, 0) is 16.1 Å². The monoisotopic (exact) mass is 480 g/mol. The average molecular weight is 481 g/mol. The minimum absolute atomic E-state index is 0.0753. The van der Waals surface area contributed by atoms with Crippen LogP contribution in [0.15, 0.2) is 64.6 Å². The predicted octanol–water partition coefficient (Wildman–Crippen LogP) is 4.70. The molecule has 0 spiro atoms. The summed E-state index contributed by atoms with van der Waals surface area (Å²) in [5.74, 6) is 1.23. The Labute approximate surface area is 202 Å². The first kappa shape index (κ1) is 22.5. The summed E-state index contributed by atoms with van der Waals surface area (Å²) in [5, 5.41) is 5.13. The Morgan fingerprint density at radius 3 is 2.59 bits per heavy atom. The molecular formula is C26H28N2O5S. The normalized spacial score (nSPS) is 18.8. The highest BCUT2D eigenvalue weighted by Crippen LogP contribution is 2.34. The number of amides is 2. The van der Waals surface area contributed by atoms with Crippen LogP contribution in [0.1, 0.15) is 48.8 Å². The van der Waals surface area contributed by atoms with Crippen molar-refractivity contribution in [3.8, 4) is 11.5 Å². The van der Waals surface area contributed by atoms with Gasteiger partial charge >= 0.3 is 0 Å². The van der Waals surface area contributed by atoms with E-state index in [0.717, 1.165) is 30.6 Å². The molecule has 178 valence electrons. The van der Waals surface area contributed by atoms with Gasteiger partial charge in [0, 0.05) is 10.9 Å². The molecule has 2 atom stereocenters. The lowest BCUT2D eigenvalue weighted by molar-refractivity contribution is -0.149. The van der Waals surface area contributed by atoms with Gasteiger partial charge in [-0.15, -0.1) is 11.3 Å². The summed E-state index contributed by atoms with van der Waals surface area (Å²) in [6.07, 6.45) is 6.04. The maximum atomic E-state index is 13.9. The SMILES string of the molecule is O=C(NC1CCCCC1)[C@@H](c1cccs1)N(Cc1ccco1)C(=O)[C@@H]1COc2ccccc2O1. The highest BCUT2D eigenvalue weighted by Gasteiger charge is 2.39. The zero-order valence-corrected chi connectivity index (χ0v) is 19.7. The van der Waals surface area contributed by atoms with Crippen LogP contribution in [0.5, 0.6) is 11.5 Å². The number of nitrogens with zero attached hydrogens (tertiary/aromatic N) is 1. The largest absolute Gasteiger partial charge is 0.485 e. The third-order valence-corrected chi connectivity index (χ3v) is 7.22. The van der Waals surface area contributed by atoms with Crippen LogP contribution in [-0.4, -0.2) is 35.5 Å². The van der Waals surface area contributed by atoms with Gasteiger partial charge in [0.05, 0.1) is 12.8 Å². The Kier molecular flexibility index (Phi) is 6.85. The van der Waals surface area contributed by atoms with E-state index in [9.17, 15) is 9.59 Å². The number of hydrogen-bond acceptors (Lipinski definition) is 6. The van der Waals surface area contributed by atoms with E-state index < -0.39 is 12.1 Å². The second-order valence-corrected chi connectivity index (χ2v) is 9.65. The van der Waals surface area contributed by atoms with Crippen molar-refractivity contribution < 1.29 is 23.5 Å². The summed E-state index contributed by atoms with van der Waals surface area (Å²) in [7, 11) is 0. The first-order chi connectivity index (χ1) is 16.7. The Bertz CT molecular complexity index is 1090. The maximum absolute atomic E-state index is 13.9. The molecule has 2 aliphatic rings. The molecule has 0 bridgehead atoms. The molecule has 2 amide bonds. The van der Waals surface area contributed by atoms with Crippen LogP contribution in [0.25, 0.3) is 0 Å². The van der Waals surface area contributed by atoms with E-state index in [1.807, 2.05) is 35.7 Å². The molecule has 0 radical (unpaired) electrons. The molecule has 2 aromatic heterocycles. The van der Waals surface area contributed by atoms with Gasteiger partial charge in [0.15, 0.2) is 11.5 Å². The van der Waals surface area contributed by atoms with E-state index in [0.29, 0.717) is 17.3 Å². The number of fused-ring (bicyclic) bond motifs is 1. The molecule has 8 heteroatoms. The highest BCUT2D eigenvalue weighted by molar-refractivity contribution is 7.10. The number of furan rings is 1. The molecule has 3 aromatic rings. The van der Waals surface area contributed by atoms with E-state index in [1.54, 1.807) is 29.4 Å². The summed E-state index contributed by atoms with van der Waals surface area (Å²) in [5.41, 5.74) is 0. The molecule has 1 aliphatic heterocycles. The van der Waals surface area contributed by atoms with Gasteiger partial charge in [0.25, 0.3) is 5.91 Å². The lowest BCUT2D eigenvalue weighted by Gasteiger charge is -2.35. The molecule has 1 fully saturated rings. The van der Waals surface area contributed by atoms with Crippen molar-refractivity contribution in [2.75, 3.05) is 6.61 Å². The number of benzene rings is 1. The number of ether oxygens (including phenoxy) is 2. The van der Waals surface area contributed by atoms with Gasteiger partial charge in [0.1, 0.15) is 18.4 Å². The van der Waals surface area contributed by atoms with Crippen LogP contribution in [0.2, 0.25) is 0 Å². The molecule has 5 rings (SSSR count). The van der Waals surface area contributed by atoms with Crippen molar-refractivity contribution in [2.45, 2.75) is 56.8 Å². The molecule has 1 aliphatic carbocycles. The summed E-state index contributed by atoms with van der Waals surface area (Å²) in [6.45, 7) is 0.222. The zero-order chi connectivity index (χ0) is 23.3. The van der Waals surface area contributed by atoms with Crippen molar-refractivity contribution in [3.05, 3.63) is 70.8 Å². The highest BCUT2D eigenvalue weighted by atomic mass is 32.1. The fraction of sp³-hybridized carbons (Fsp3) is 0.385. The molecule has 0 unspecified atom stereocenters. The van der Waals surface area contributed by atoms with Gasteiger partial charge in [-0.05, 0) is 48.6 Å². The first-order valence-corrected chi connectivity index (χ1v) is 12.6. The molecule has 7 nitrogen and oxygen atoms in total. The standard InChI is InChI=1S/C26H28N2O5S/c29-25(27-18-8-2-1-3-9-18)24(23-13-7-15-34-23)28(16-19-10-6-14-31-19)26(30)22-17-32-20-11-4-5-12-21(20)33-22/h4-7,10-15,18,22,24H,1-3,8-9,16-17H2,(H,27,29)/t22-,24+/m0/s1. The number of carbonyl (C=O) groups is 2. The van der Waals surface area contributed by atoms with Gasteiger partial charge in [-0.3, -0.25) is 9.59 Å². The molecule has 1 aromatic carbocycles. The van der Waals surface area contributed by atoms with E-state index >= 15 is 0 Å². The Balaban J connectivity index is 1.44. The minimum Gasteiger partial charge on any atom is -0.485 e. The van der Waals surface area contributed by atoms with Gasteiger partial charge in [-0.25, -0.2) is 0 Å². The average Bonchev–Trinajstić information content (AvgIpc) is 3.58. The fourth-order valence-electron chi connectivity index (χ4n) is 4.59. The Morgan fingerprint density at radius 1 is 1.03 bits per heavy atom. The van der Waals surface area contributed by atoms with Crippen LogP contribution >= 0.6 is 11.3 Å². The van der Waals surface area contributed by atoms with Gasteiger partial charge in [-0.2, -0.15) is 0 Å². The second kappa shape index (κ2) is 10.3. The second-order valence-electron chi connectivity index (χ2n) is 8.67. The van der Waals surface area contributed by atoms with Crippen molar-refractivity contribution in [3.63, 3.8) is 0 Å². The number of nitrogens with one attached hydrogen (secondary N) is 1. The van der Waals surface area contributed by atoms with E-state index in [2.05, 4.69) is 5.32 Å². The Morgan fingerprint density at radius 2 is 1.85 bits per heavy atom. The third kappa shape index (κ3) is 4.97. The summed E-state index contributed by atoms with van der Waals surface area (Å²) in [4.78, 5) is 29.9. The topological polar surface area (TPSA) is 81.0 Å². The molecule has 0 saturated heterocycles. The summed E-state index contributed by atoms with van der Waals surface area (Å²) in [6, 6.07) is 14.0. The van der Waals surface area contributed by atoms with Crippen molar-refractivity contribution >= 4 is 23.2 Å². The third-order valence-electron chi connectivity index (χ3n) is 6.30. The number of carbonyl (C=O) groups excluding carboxylic acids is 2. The first-order valence-electron chi connectivity index (χ1n) is 11.7. The van der Waals surface area contributed by atoms with Crippen LogP contribution in [0, 0.1) is 0 Å². The molecule has 3 heterocycles. The van der Waals surface area contributed by atoms with E-state index in [-0.39, 0.29) is 31.0 Å². The quantitative estimate of drug-likeness (QED) is 0.530. The van der Waals surface area contributed by atoms with Crippen molar-refractivity contribution in [1.82, 2.24) is 10.2 Å². The number of hydrogen-bond donors (Lipinski definition) is 1. The number of rotatable bonds is 7. The molecule has 34 heavy (non-hydrogen) atoms. The summed E-state index contributed by atoms with van der Waals surface area (Å²) < 4.78 is 17.4. The van der Waals surface area contributed by atoms with Gasteiger partial charge in [0.2, 0.25) is 12.0 Å². The summed E-state index contributed by atoms with van der Waals surface area (Å²) >= 11 is 1.46. The maximum Gasteiger partial charge on any atom is 0.268 e. The number of thiophene rings is 1. The van der Waals surface area contributed by atoms with Crippen molar-refractivity contribution in [1.29, 1.82) is 0 Å². The number of para-hydroxylation sites is 2. The van der Waals surface area contributed by atoms with Crippen LogP contribution < -0.4 is 14.8 Å². The molecule has 1 N–H and O–H groups in total. The molecule has 1 saturated carbocycles. The fourth-order valence-corrected chi connectivity index (χ4v) is 5.43. The lowest BCUT2D eigenvalue weighted by atomic mass is 9.95. The smallest absolute Gasteiger partial charge is 0.268 e.